The highest BCUT2D eigenvalue weighted by atomic mass is 32.2. The predicted octanol–water partition coefficient (Wildman–Crippen LogP) is 5.67. The number of ether oxygens (including phenoxy) is 4. The van der Waals surface area contributed by atoms with Crippen molar-refractivity contribution in [1.29, 1.82) is 0 Å². The number of aromatic nitrogens is 2. The summed E-state index contributed by atoms with van der Waals surface area (Å²) >= 11 is 0. The number of nitrogens with zero attached hydrogens (tertiary/aromatic N) is 3. The van der Waals surface area contributed by atoms with Gasteiger partial charge in [-0.15, -0.1) is 0 Å². The number of hydrogen-bond donors (Lipinski definition) is 4. The predicted molar refractivity (Wildman–Crippen MR) is 254 cm³/mol. The maximum Gasteiger partial charge on any atom is 0.408 e. The van der Waals surface area contributed by atoms with Crippen LogP contribution >= 0.6 is 0 Å². The number of likely N-dealkylation sites (tertiary alicyclic amines) is 1. The summed E-state index contributed by atoms with van der Waals surface area (Å²) in [5.74, 6) is 1.16. The van der Waals surface area contributed by atoms with E-state index in [1.807, 2.05) is 82.8 Å². The Bertz CT molecular complexity index is 2410. The number of amides is 4. The van der Waals surface area contributed by atoms with Crippen LogP contribution in [0.1, 0.15) is 120 Å². The lowest BCUT2D eigenvalue weighted by molar-refractivity contribution is -0.143. The van der Waals surface area contributed by atoms with Crippen LogP contribution in [-0.4, -0.2) is 115 Å². The molecular weight excluding hydrogens is 895 g/mol. The molecule has 1 aromatic carbocycles. The number of rotatable bonds is 19. The molecule has 5 fully saturated rings. The third-order valence-corrected chi connectivity index (χ3v) is 15.9. The number of carbonyl (C=O) groups excluding carboxylic acids is 4. The second kappa shape index (κ2) is 18.5. The van der Waals surface area contributed by atoms with Crippen molar-refractivity contribution in [3.8, 4) is 5.75 Å². The number of fused-ring (bicyclic) bond motifs is 2. The van der Waals surface area contributed by atoms with Crippen molar-refractivity contribution >= 4 is 45.7 Å². The standard InChI is InChI=1S/C49H71N7O11S.H2/c1-11-31-25-49(31,44(59)54-68(61,62)67-48(9)15-16-48)52-42(57)38-23-34(27-55(38)43(58)41(46(5,6)7)51-45(60)66-33-21-36-29(4)37(36)22-33)65-39-26-47(8,56-17-14-40(53-56)50-28(2)3)24-30-20-32(12-13-35(30)39)64-19-18-63-10;/h12-14,17,20,26,28-29,31,33-34,36-38,41H,11,15-16,18-19,21-25,27H2,1-10H3,(H,50,53)(H,51,60)(H,52,57)(H,54,59);1H/t29?,31-,33?,34-,36?,37?,38+,41-,47?,49-;/m1./s1. The maximum atomic E-state index is 15.1. The van der Waals surface area contributed by atoms with E-state index in [0.717, 1.165) is 24.0 Å². The fourth-order valence-corrected chi connectivity index (χ4v) is 11.7. The fraction of sp³-hybridized carbons (Fsp3) is 0.694. The number of alkyl carbamates (subject to hydrolysis) is 1. The van der Waals surface area contributed by atoms with Crippen molar-refractivity contribution in [2.45, 2.75) is 161 Å². The zero-order valence-corrected chi connectivity index (χ0v) is 42.0. The molecule has 4 saturated carbocycles. The molecule has 2 heterocycles. The number of hydrogen-bond acceptors (Lipinski definition) is 13. The van der Waals surface area contributed by atoms with Crippen LogP contribution in [0, 0.1) is 29.1 Å². The van der Waals surface area contributed by atoms with Crippen molar-refractivity contribution in [2.75, 3.05) is 32.2 Å². The molecule has 68 heavy (non-hydrogen) atoms. The molecular formula is C49H73N7O11S. The molecule has 376 valence electrons. The number of anilines is 1. The van der Waals surface area contributed by atoms with Gasteiger partial charge in [0.1, 0.15) is 53.8 Å². The Kier molecular flexibility index (Phi) is 13.4. The van der Waals surface area contributed by atoms with Crippen molar-refractivity contribution in [3.05, 3.63) is 47.7 Å². The lowest BCUT2D eigenvalue weighted by Crippen LogP contribution is -2.60. The van der Waals surface area contributed by atoms with Gasteiger partial charge in [0.05, 0.1) is 24.3 Å². The summed E-state index contributed by atoms with van der Waals surface area (Å²) < 4.78 is 59.3. The minimum Gasteiger partial charge on any atom is -0.491 e. The number of carbonyl (C=O) groups is 4. The lowest BCUT2D eigenvalue weighted by Gasteiger charge is -2.36. The van der Waals surface area contributed by atoms with Crippen molar-refractivity contribution in [1.82, 2.24) is 30.0 Å². The topological polar surface area (TPSA) is 218 Å². The summed E-state index contributed by atoms with van der Waals surface area (Å²) in [6, 6.07) is 5.56. The maximum absolute atomic E-state index is 15.1. The van der Waals surface area contributed by atoms with Crippen LogP contribution in [0.25, 0.3) is 5.76 Å². The molecule has 4 amide bonds. The minimum atomic E-state index is -4.49. The monoisotopic (exact) mass is 968 g/mol. The van der Waals surface area contributed by atoms with Gasteiger partial charge < -0.3 is 39.8 Å². The van der Waals surface area contributed by atoms with Crippen LogP contribution in [0.2, 0.25) is 0 Å². The van der Waals surface area contributed by atoms with Gasteiger partial charge in [-0.2, -0.15) is 13.5 Å². The molecule has 18 nitrogen and oxygen atoms in total. The van der Waals surface area contributed by atoms with Crippen LogP contribution < -0.4 is 25.4 Å². The first-order valence-electron chi connectivity index (χ1n) is 24.3. The molecule has 8 rings (SSSR count). The normalized spacial score (nSPS) is 30.3. The van der Waals surface area contributed by atoms with E-state index in [2.05, 4.69) is 34.5 Å². The van der Waals surface area contributed by atoms with Gasteiger partial charge in [-0.1, -0.05) is 41.0 Å². The molecule has 8 atom stereocenters. The molecule has 3 unspecified atom stereocenters. The van der Waals surface area contributed by atoms with E-state index in [1.54, 1.807) is 14.0 Å². The Hall–Kier alpha value is -4.88. The molecule has 2 aromatic rings. The number of benzene rings is 1. The Labute approximate surface area is 402 Å². The van der Waals surface area contributed by atoms with E-state index in [4.69, 9.17) is 28.2 Å². The molecule has 5 aliphatic carbocycles. The first-order valence-corrected chi connectivity index (χ1v) is 25.7. The third kappa shape index (κ3) is 10.6. The van der Waals surface area contributed by atoms with Crippen molar-refractivity contribution < 1.29 is 52.2 Å². The molecule has 0 bridgehead atoms. The summed E-state index contributed by atoms with van der Waals surface area (Å²) in [4.78, 5) is 58.8. The van der Waals surface area contributed by atoms with Gasteiger partial charge in [0.2, 0.25) is 11.8 Å². The highest BCUT2D eigenvalue weighted by Crippen LogP contribution is 2.58. The highest BCUT2D eigenvalue weighted by Gasteiger charge is 2.62. The van der Waals surface area contributed by atoms with E-state index >= 15 is 4.79 Å². The number of nitrogens with one attached hydrogen (secondary N) is 4. The zero-order valence-electron chi connectivity index (χ0n) is 41.2. The van der Waals surface area contributed by atoms with Crippen LogP contribution in [0.15, 0.2) is 36.5 Å². The summed E-state index contributed by atoms with van der Waals surface area (Å²) in [7, 11) is -2.88. The third-order valence-electron chi connectivity index (χ3n) is 14.9. The fourth-order valence-electron chi connectivity index (χ4n) is 10.6. The highest BCUT2D eigenvalue weighted by molar-refractivity contribution is 7.85. The van der Waals surface area contributed by atoms with Gasteiger partial charge in [0.25, 0.3) is 5.91 Å². The van der Waals surface area contributed by atoms with Crippen molar-refractivity contribution in [2.24, 2.45) is 29.1 Å². The molecule has 0 spiro atoms. The SMILES string of the molecule is CC[C@@H]1C[C@]1(NC(=O)[C@@H]1C[C@@H](OC2=CC(C)(n3ccc(NC(C)C)n3)Cc3cc(OCCOC)ccc32)CN1C(=O)[C@@H](NC(=O)OC1CC2C(C)C2C1)C(C)(C)C)C(=O)NS(=O)(=O)OC1(C)CC1.[HH]. The summed E-state index contributed by atoms with van der Waals surface area (Å²) in [6.07, 6.45) is 6.10. The van der Waals surface area contributed by atoms with Gasteiger partial charge in [0.15, 0.2) is 0 Å². The lowest BCUT2D eigenvalue weighted by atomic mass is 9.83. The Morgan fingerprint density at radius 3 is 2.37 bits per heavy atom. The molecule has 4 N–H and O–H groups in total. The van der Waals surface area contributed by atoms with Gasteiger partial charge >= 0.3 is 16.4 Å². The van der Waals surface area contributed by atoms with Gasteiger partial charge in [-0.3, -0.25) is 19.1 Å². The first-order chi connectivity index (χ1) is 31.9. The van der Waals surface area contributed by atoms with Gasteiger partial charge in [-0.05, 0) is 119 Å². The Balaban J connectivity index is 0.00000703. The van der Waals surface area contributed by atoms with E-state index in [1.165, 1.54) is 4.90 Å². The van der Waals surface area contributed by atoms with E-state index < -0.39 is 74.4 Å². The second-order valence-corrected chi connectivity index (χ2v) is 23.2. The Morgan fingerprint density at radius 1 is 1.01 bits per heavy atom. The second-order valence-electron chi connectivity index (χ2n) is 21.9. The van der Waals surface area contributed by atoms with Crippen LogP contribution in [-0.2, 0) is 55.0 Å². The molecule has 1 aliphatic heterocycles. The largest absolute Gasteiger partial charge is 0.491 e. The van der Waals surface area contributed by atoms with E-state index in [9.17, 15) is 22.8 Å². The van der Waals surface area contributed by atoms with Crippen LogP contribution in [0.3, 0.4) is 0 Å². The first kappa shape index (κ1) is 49.5. The molecule has 1 saturated heterocycles. The zero-order chi connectivity index (χ0) is 49.1. The molecule has 0 radical (unpaired) electrons. The average molecular weight is 968 g/mol. The smallest absolute Gasteiger partial charge is 0.408 e. The molecule has 1 aromatic heterocycles. The van der Waals surface area contributed by atoms with Crippen LogP contribution in [0.4, 0.5) is 10.6 Å². The van der Waals surface area contributed by atoms with Gasteiger partial charge in [0, 0.05) is 45.2 Å². The minimum absolute atomic E-state index is 0. The van der Waals surface area contributed by atoms with E-state index in [-0.39, 0.29) is 38.9 Å². The Morgan fingerprint density at radius 2 is 1.74 bits per heavy atom. The molecule has 19 heteroatoms. The average Bonchev–Trinajstić information content (AvgIpc) is 4.07. The van der Waals surface area contributed by atoms with E-state index in [0.29, 0.717) is 74.0 Å². The van der Waals surface area contributed by atoms with Crippen molar-refractivity contribution in [3.63, 3.8) is 0 Å². The number of allylic oxidation sites excluding steroid dienone is 1. The summed E-state index contributed by atoms with van der Waals surface area (Å²) in [5, 5.41) is 14.0. The molecule has 6 aliphatic rings. The quantitative estimate of drug-likeness (QED) is 0.125. The summed E-state index contributed by atoms with van der Waals surface area (Å²) in [5.41, 5.74) is -2.26. The summed E-state index contributed by atoms with van der Waals surface area (Å²) in [6.45, 7) is 18.1. The van der Waals surface area contributed by atoms with Gasteiger partial charge in [-0.25, -0.2) is 13.7 Å². The van der Waals surface area contributed by atoms with Crippen LogP contribution in [0.5, 0.6) is 5.75 Å². The number of methoxy groups -OCH3 is 1.